The van der Waals surface area contributed by atoms with E-state index in [9.17, 15) is 4.79 Å². The minimum absolute atomic E-state index is 0.342. The molecule has 2 aromatic rings. The van der Waals surface area contributed by atoms with Gasteiger partial charge in [0.15, 0.2) is 11.5 Å². The average Bonchev–Trinajstić information content (AvgIpc) is 2.60. The minimum Gasteiger partial charge on any atom is -0.494 e. The third kappa shape index (κ3) is 3.68. The largest absolute Gasteiger partial charge is 0.494 e. The molecule has 1 heterocycles. The molecule has 0 fully saturated rings. The number of anilines is 2. The van der Waals surface area contributed by atoms with Gasteiger partial charge < -0.3 is 19.5 Å². The van der Waals surface area contributed by atoms with E-state index < -0.39 is 5.91 Å². The second-order valence-electron chi connectivity index (χ2n) is 5.11. The topological polar surface area (TPSA) is 94.8 Å². The number of benzene rings is 2. The van der Waals surface area contributed by atoms with Crippen molar-refractivity contribution in [2.24, 2.45) is 5.84 Å². The first kappa shape index (κ1) is 17.8. The van der Waals surface area contributed by atoms with E-state index in [4.69, 9.17) is 20.1 Å². The average molecular weight is 473 g/mol. The molecule has 0 aliphatic carbocycles. The number of nitrogens with one attached hydrogen (secondary N) is 2. The molecule has 4 N–H and O–H groups in total. The van der Waals surface area contributed by atoms with E-state index in [1.54, 1.807) is 19.2 Å². The maximum absolute atomic E-state index is 12.1. The van der Waals surface area contributed by atoms with Crippen LogP contribution in [0.2, 0.25) is 0 Å². The molecule has 0 saturated heterocycles. The lowest BCUT2D eigenvalue weighted by Gasteiger charge is -2.21. The second kappa shape index (κ2) is 7.51. The minimum atomic E-state index is -0.439. The zero-order chi connectivity index (χ0) is 18.0. The molecule has 25 heavy (non-hydrogen) atoms. The van der Waals surface area contributed by atoms with Gasteiger partial charge in [-0.15, -0.1) is 0 Å². The van der Waals surface area contributed by atoms with E-state index in [1.807, 2.05) is 12.1 Å². The van der Waals surface area contributed by atoms with Gasteiger partial charge in [-0.25, -0.2) is 5.84 Å². The molecule has 0 aromatic heterocycles. The Bertz CT molecular complexity index is 806. The Morgan fingerprint density at radius 2 is 1.72 bits per heavy atom. The number of nitrogens with two attached hydrogens (primary N) is 1. The number of amides is 1. The van der Waals surface area contributed by atoms with Gasteiger partial charge in [0.05, 0.1) is 27.3 Å². The third-order valence-electron chi connectivity index (χ3n) is 3.54. The number of nitrogen functional groups attached to an aromatic ring is 1. The molecule has 132 valence electrons. The van der Waals surface area contributed by atoms with E-state index in [2.05, 4.69) is 42.6 Å². The van der Waals surface area contributed by atoms with Crippen LogP contribution in [0.4, 0.5) is 11.4 Å². The summed E-state index contributed by atoms with van der Waals surface area (Å²) in [5, 5.41) is 3.20. The summed E-state index contributed by atoms with van der Waals surface area (Å²) < 4.78 is 17.9. The van der Waals surface area contributed by atoms with Crippen molar-refractivity contribution in [3.63, 3.8) is 0 Å². The van der Waals surface area contributed by atoms with Crippen LogP contribution >= 0.6 is 31.9 Å². The third-order valence-corrected chi connectivity index (χ3v) is 4.72. The van der Waals surface area contributed by atoms with Crippen LogP contribution in [0.1, 0.15) is 10.4 Å². The van der Waals surface area contributed by atoms with Crippen LogP contribution in [-0.4, -0.2) is 26.2 Å². The van der Waals surface area contributed by atoms with E-state index in [-0.39, 0.29) is 0 Å². The van der Waals surface area contributed by atoms with Gasteiger partial charge in [-0.2, -0.15) is 0 Å². The van der Waals surface area contributed by atoms with Crippen molar-refractivity contribution < 1.29 is 19.0 Å². The summed E-state index contributed by atoms with van der Waals surface area (Å²) in [6.45, 7) is 0.885. The quantitative estimate of drug-likeness (QED) is 0.359. The summed E-state index contributed by atoms with van der Waals surface area (Å²) in [4.78, 5) is 12.1. The number of hydrogen-bond acceptors (Lipinski definition) is 6. The number of ether oxygens (including phenoxy) is 3. The lowest BCUT2D eigenvalue weighted by atomic mass is 10.1. The molecular formula is C16H15Br2N3O4. The van der Waals surface area contributed by atoms with Crippen molar-refractivity contribution in [3.8, 4) is 17.2 Å². The molecule has 0 saturated carbocycles. The number of methoxy groups -OCH3 is 1. The van der Waals surface area contributed by atoms with Gasteiger partial charge in [0.2, 0.25) is 0 Å². The Morgan fingerprint density at radius 1 is 1.12 bits per heavy atom. The summed E-state index contributed by atoms with van der Waals surface area (Å²) in [5.74, 6) is 6.60. The van der Waals surface area contributed by atoms with E-state index in [1.165, 1.54) is 0 Å². The second-order valence-corrected chi connectivity index (χ2v) is 6.82. The van der Waals surface area contributed by atoms with Crippen LogP contribution in [-0.2, 0) is 0 Å². The molecule has 1 aliphatic rings. The van der Waals surface area contributed by atoms with Gasteiger partial charge in [0, 0.05) is 11.8 Å². The molecule has 0 spiro atoms. The van der Waals surface area contributed by atoms with Gasteiger partial charge in [-0.1, -0.05) is 0 Å². The zero-order valence-electron chi connectivity index (χ0n) is 13.2. The number of rotatable bonds is 4. The normalized spacial score (nSPS) is 12.5. The Kier molecular flexibility index (Phi) is 5.36. The predicted octanol–water partition coefficient (Wildman–Crippen LogP) is 3.34. The van der Waals surface area contributed by atoms with Crippen LogP contribution in [0.25, 0.3) is 0 Å². The first-order valence-corrected chi connectivity index (χ1v) is 8.86. The molecular weight excluding hydrogens is 458 g/mol. The number of fused-ring (bicyclic) bond motifs is 1. The molecule has 0 radical (unpaired) electrons. The fourth-order valence-corrected chi connectivity index (χ4v) is 3.95. The molecule has 0 unspecified atom stereocenters. The molecule has 7 nitrogen and oxygen atoms in total. The lowest BCUT2D eigenvalue weighted by Crippen LogP contribution is -2.30. The number of hydrogen-bond donors (Lipinski definition) is 3. The van der Waals surface area contributed by atoms with E-state index >= 15 is 0 Å². The van der Waals surface area contributed by atoms with Crippen molar-refractivity contribution in [1.29, 1.82) is 0 Å². The van der Waals surface area contributed by atoms with E-state index in [0.29, 0.717) is 41.7 Å². The van der Waals surface area contributed by atoms with Gasteiger partial charge in [0.1, 0.15) is 19.0 Å². The van der Waals surface area contributed by atoms with Crippen LogP contribution < -0.4 is 30.8 Å². The SMILES string of the molecule is COc1c(Br)cc(Nc2cc3c(cc2C(=O)NN)OCCO3)cc1Br. The molecule has 0 atom stereocenters. The van der Waals surface area contributed by atoms with Crippen LogP contribution in [0, 0.1) is 0 Å². The summed E-state index contributed by atoms with van der Waals surface area (Å²) in [5.41, 5.74) is 3.76. The highest BCUT2D eigenvalue weighted by atomic mass is 79.9. The monoisotopic (exact) mass is 471 g/mol. The highest BCUT2D eigenvalue weighted by Crippen LogP contribution is 2.40. The van der Waals surface area contributed by atoms with Gasteiger partial charge in [0.25, 0.3) is 5.91 Å². The number of hydrazine groups is 1. The highest BCUT2D eigenvalue weighted by Gasteiger charge is 2.20. The fourth-order valence-electron chi connectivity index (χ4n) is 2.44. The molecule has 9 heteroatoms. The van der Waals surface area contributed by atoms with Gasteiger partial charge >= 0.3 is 0 Å². The molecule has 1 amide bonds. The van der Waals surface area contributed by atoms with Crippen molar-refractivity contribution in [1.82, 2.24) is 5.43 Å². The molecule has 3 rings (SSSR count). The Labute approximate surface area is 161 Å². The summed E-state index contributed by atoms with van der Waals surface area (Å²) >= 11 is 6.91. The fraction of sp³-hybridized carbons (Fsp3) is 0.188. The lowest BCUT2D eigenvalue weighted by molar-refractivity contribution is 0.0953. The zero-order valence-corrected chi connectivity index (χ0v) is 16.4. The first-order valence-electron chi connectivity index (χ1n) is 7.28. The first-order chi connectivity index (χ1) is 12.0. The van der Waals surface area contributed by atoms with Crippen molar-refractivity contribution in [3.05, 3.63) is 38.8 Å². The Balaban J connectivity index is 2.02. The van der Waals surface area contributed by atoms with Crippen LogP contribution in [0.3, 0.4) is 0 Å². The highest BCUT2D eigenvalue weighted by molar-refractivity contribution is 9.11. The summed E-state index contributed by atoms with van der Waals surface area (Å²) in [7, 11) is 1.59. The van der Waals surface area contributed by atoms with Gasteiger partial charge in [-0.3, -0.25) is 10.2 Å². The van der Waals surface area contributed by atoms with Crippen LogP contribution in [0.15, 0.2) is 33.2 Å². The van der Waals surface area contributed by atoms with Crippen molar-refractivity contribution in [2.45, 2.75) is 0 Å². The van der Waals surface area contributed by atoms with Crippen molar-refractivity contribution >= 4 is 49.1 Å². The summed E-state index contributed by atoms with van der Waals surface area (Å²) in [6, 6.07) is 6.99. The smallest absolute Gasteiger partial charge is 0.267 e. The predicted molar refractivity (Wildman–Crippen MR) is 101 cm³/mol. The molecule has 0 bridgehead atoms. The molecule has 2 aromatic carbocycles. The number of halogens is 2. The van der Waals surface area contributed by atoms with Gasteiger partial charge in [-0.05, 0) is 50.1 Å². The Morgan fingerprint density at radius 3 is 2.28 bits per heavy atom. The van der Waals surface area contributed by atoms with Crippen LogP contribution in [0.5, 0.6) is 17.2 Å². The van der Waals surface area contributed by atoms with E-state index in [0.717, 1.165) is 14.6 Å². The standard InChI is InChI=1S/C16H15Br2N3O4/c1-23-15-10(17)4-8(5-11(15)18)20-12-7-14-13(24-2-3-25-14)6-9(12)16(22)21-19/h4-7,20H,2-3,19H2,1H3,(H,21,22). The summed E-state index contributed by atoms with van der Waals surface area (Å²) in [6.07, 6.45) is 0. The number of carbonyl (C=O) groups excluding carboxylic acids is 1. The maximum Gasteiger partial charge on any atom is 0.267 e. The van der Waals surface area contributed by atoms with Crippen molar-refractivity contribution in [2.75, 3.05) is 25.6 Å². The number of carbonyl (C=O) groups is 1. The Hall–Kier alpha value is -1.97. The maximum atomic E-state index is 12.1. The molecule has 1 aliphatic heterocycles.